The maximum atomic E-state index is 13.8. The molecule has 100 valence electrons. The van der Waals surface area contributed by atoms with E-state index in [4.69, 9.17) is 5.73 Å². The Kier molecular flexibility index (Phi) is 3.61. The lowest BCUT2D eigenvalue weighted by Crippen LogP contribution is -2.07. The zero-order valence-electron chi connectivity index (χ0n) is 10.2. The number of nitrogen functional groups attached to an aromatic ring is 1. The highest BCUT2D eigenvalue weighted by Crippen LogP contribution is 2.26. The first kappa shape index (κ1) is 13.2. The predicted molar refractivity (Wildman–Crippen MR) is 70.1 cm³/mol. The van der Waals surface area contributed by atoms with Gasteiger partial charge < -0.3 is 15.8 Å². The number of halogens is 1. The van der Waals surface area contributed by atoms with Crippen LogP contribution in [0.1, 0.15) is 16.2 Å². The molecule has 0 aliphatic heterocycles. The fraction of sp³-hybridized carbons (Fsp3) is 0.182. The molecule has 0 spiro atoms. The average molecular weight is 282 g/mol. The van der Waals surface area contributed by atoms with Crippen LogP contribution in [0.3, 0.4) is 0 Å². The van der Waals surface area contributed by atoms with Crippen LogP contribution >= 0.6 is 11.5 Å². The van der Waals surface area contributed by atoms with Crippen molar-refractivity contribution in [2.45, 2.75) is 6.92 Å². The van der Waals surface area contributed by atoms with E-state index in [0.717, 1.165) is 17.6 Å². The minimum atomic E-state index is -0.631. The second kappa shape index (κ2) is 5.19. The van der Waals surface area contributed by atoms with Crippen molar-refractivity contribution in [3.8, 4) is 0 Å². The van der Waals surface area contributed by atoms with E-state index in [2.05, 4.69) is 19.4 Å². The third-order valence-electron chi connectivity index (χ3n) is 2.31. The van der Waals surface area contributed by atoms with Gasteiger partial charge in [-0.1, -0.05) is 0 Å². The van der Waals surface area contributed by atoms with Crippen LogP contribution in [0.2, 0.25) is 0 Å². The molecule has 0 bridgehead atoms. The van der Waals surface area contributed by atoms with Crippen LogP contribution in [0.15, 0.2) is 12.1 Å². The Morgan fingerprint density at radius 3 is 2.84 bits per heavy atom. The Bertz CT molecular complexity index is 629. The maximum absolute atomic E-state index is 13.8. The molecule has 8 heteroatoms. The number of carbonyl (C=O) groups excluding carboxylic acids is 1. The molecule has 2 aromatic rings. The van der Waals surface area contributed by atoms with Crippen LogP contribution < -0.4 is 11.1 Å². The number of rotatable bonds is 3. The van der Waals surface area contributed by atoms with Crippen molar-refractivity contribution in [3.63, 3.8) is 0 Å². The number of ether oxygens (including phenoxy) is 1. The van der Waals surface area contributed by atoms with E-state index < -0.39 is 11.8 Å². The van der Waals surface area contributed by atoms with Gasteiger partial charge in [-0.15, -0.1) is 0 Å². The molecule has 0 saturated heterocycles. The molecule has 0 amide bonds. The average Bonchev–Trinajstić information content (AvgIpc) is 2.77. The summed E-state index contributed by atoms with van der Waals surface area (Å²) >= 11 is 1.09. The van der Waals surface area contributed by atoms with Gasteiger partial charge in [0, 0.05) is 17.2 Å². The smallest absolute Gasteiger partial charge is 0.340 e. The number of nitrogens with zero attached hydrogens (tertiary/aromatic N) is 2. The van der Waals surface area contributed by atoms with Gasteiger partial charge in [0.1, 0.15) is 11.6 Å². The van der Waals surface area contributed by atoms with Crippen LogP contribution in [-0.4, -0.2) is 22.4 Å². The van der Waals surface area contributed by atoms with Gasteiger partial charge in [-0.3, -0.25) is 0 Å². The standard InChI is InChI=1S/C11H11FN4O2S/c1-5-14-11(19-16-5)15-9-3-6(10(17)18-2)8(13)4-7(9)12/h3-4H,13H2,1-2H3,(H,14,15,16). The van der Waals surface area contributed by atoms with Gasteiger partial charge >= 0.3 is 5.97 Å². The number of hydrogen-bond acceptors (Lipinski definition) is 7. The van der Waals surface area contributed by atoms with Crippen LogP contribution in [0.4, 0.5) is 20.9 Å². The predicted octanol–water partition coefficient (Wildman–Crippen LogP) is 2.10. The van der Waals surface area contributed by atoms with Gasteiger partial charge in [0.2, 0.25) is 5.13 Å². The minimum absolute atomic E-state index is 0.0170. The number of hydrogen-bond donors (Lipinski definition) is 2. The van der Waals surface area contributed by atoms with E-state index in [1.165, 1.54) is 13.2 Å². The number of esters is 1. The van der Waals surface area contributed by atoms with Crippen LogP contribution in [-0.2, 0) is 4.74 Å². The van der Waals surface area contributed by atoms with Crippen molar-refractivity contribution in [1.29, 1.82) is 0 Å². The summed E-state index contributed by atoms with van der Waals surface area (Å²) in [5.41, 5.74) is 5.77. The second-order valence-corrected chi connectivity index (χ2v) is 4.43. The quantitative estimate of drug-likeness (QED) is 0.662. The monoisotopic (exact) mass is 282 g/mol. The zero-order valence-corrected chi connectivity index (χ0v) is 11.0. The first-order valence-corrected chi connectivity index (χ1v) is 6.03. The Morgan fingerprint density at radius 2 is 2.26 bits per heavy atom. The maximum Gasteiger partial charge on any atom is 0.340 e. The molecule has 6 nitrogen and oxygen atoms in total. The van der Waals surface area contributed by atoms with Gasteiger partial charge in [-0.05, 0) is 19.1 Å². The fourth-order valence-corrected chi connectivity index (χ4v) is 2.02. The molecule has 0 aliphatic carbocycles. The van der Waals surface area contributed by atoms with Gasteiger partial charge in [-0.25, -0.2) is 14.2 Å². The zero-order chi connectivity index (χ0) is 14.0. The molecular weight excluding hydrogens is 271 g/mol. The third kappa shape index (κ3) is 2.79. The summed E-state index contributed by atoms with van der Waals surface area (Å²) in [6, 6.07) is 2.34. The van der Waals surface area contributed by atoms with Gasteiger partial charge in [0.05, 0.1) is 18.4 Å². The third-order valence-corrected chi connectivity index (χ3v) is 3.04. The summed E-state index contributed by atoms with van der Waals surface area (Å²) in [6.07, 6.45) is 0. The molecule has 1 aromatic heterocycles. The lowest BCUT2D eigenvalue weighted by Gasteiger charge is -2.09. The van der Waals surface area contributed by atoms with Crippen molar-refractivity contribution in [2.75, 3.05) is 18.2 Å². The molecule has 0 unspecified atom stereocenters. The minimum Gasteiger partial charge on any atom is -0.465 e. The number of aryl methyl sites for hydroxylation is 1. The summed E-state index contributed by atoms with van der Waals surface area (Å²) in [5.74, 6) is -0.636. The number of methoxy groups -OCH3 is 1. The summed E-state index contributed by atoms with van der Waals surface area (Å²) in [4.78, 5) is 15.5. The van der Waals surface area contributed by atoms with E-state index in [1.807, 2.05) is 0 Å². The first-order chi connectivity index (χ1) is 9.01. The summed E-state index contributed by atoms with van der Waals surface area (Å²) < 4.78 is 22.3. The van der Waals surface area contributed by atoms with Crippen LogP contribution in [0.5, 0.6) is 0 Å². The largest absolute Gasteiger partial charge is 0.465 e. The fourth-order valence-electron chi connectivity index (χ4n) is 1.43. The van der Waals surface area contributed by atoms with Gasteiger partial charge in [0.25, 0.3) is 0 Å². The lowest BCUT2D eigenvalue weighted by atomic mass is 10.1. The Labute approximate surface area is 112 Å². The molecule has 0 fully saturated rings. The molecule has 3 N–H and O–H groups in total. The van der Waals surface area contributed by atoms with Crippen molar-refractivity contribution in [1.82, 2.24) is 9.36 Å². The summed E-state index contributed by atoms with van der Waals surface area (Å²) in [6.45, 7) is 1.72. The van der Waals surface area contributed by atoms with Crippen molar-refractivity contribution >= 4 is 34.0 Å². The topological polar surface area (TPSA) is 90.1 Å². The Hall–Kier alpha value is -2.22. The number of nitrogens with two attached hydrogens (primary N) is 1. The van der Waals surface area contributed by atoms with Crippen LogP contribution in [0, 0.1) is 12.7 Å². The molecule has 0 saturated carbocycles. The second-order valence-electron chi connectivity index (χ2n) is 3.68. The Morgan fingerprint density at radius 1 is 1.53 bits per heavy atom. The molecule has 0 radical (unpaired) electrons. The van der Waals surface area contributed by atoms with E-state index in [9.17, 15) is 9.18 Å². The van der Waals surface area contributed by atoms with Crippen molar-refractivity contribution in [2.24, 2.45) is 0 Å². The first-order valence-electron chi connectivity index (χ1n) is 5.26. The number of carbonyl (C=O) groups is 1. The van der Waals surface area contributed by atoms with E-state index in [1.54, 1.807) is 6.92 Å². The number of benzene rings is 1. The Balaban J connectivity index is 2.37. The van der Waals surface area contributed by atoms with E-state index in [-0.39, 0.29) is 16.9 Å². The summed E-state index contributed by atoms with van der Waals surface area (Å²) in [7, 11) is 1.23. The van der Waals surface area contributed by atoms with Gasteiger partial charge in [-0.2, -0.15) is 4.37 Å². The highest BCUT2D eigenvalue weighted by atomic mass is 32.1. The molecule has 19 heavy (non-hydrogen) atoms. The molecule has 0 atom stereocenters. The molecule has 1 aromatic carbocycles. The van der Waals surface area contributed by atoms with Crippen molar-refractivity contribution < 1.29 is 13.9 Å². The van der Waals surface area contributed by atoms with Crippen molar-refractivity contribution in [3.05, 3.63) is 29.3 Å². The molecule has 1 heterocycles. The highest BCUT2D eigenvalue weighted by Gasteiger charge is 2.15. The van der Waals surface area contributed by atoms with E-state index >= 15 is 0 Å². The lowest BCUT2D eigenvalue weighted by molar-refractivity contribution is 0.0602. The number of nitrogens with one attached hydrogen (secondary N) is 1. The molecular formula is C11H11FN4O2S. The van der Waals surface area contributed by atoms with E-state index in [0.29, 0.717) is 11.0 Å². The molecule has 0 aliphatic rings. The number of aromatic nitrogens is 2. The highest BCUT2D eigenvalue weighted by molar-refractivity contribution is 7.09. The number of anilines is 3. The van der Waals surface area contributed by atoms with Gasteiger partial charge in [0.15, 0.2) is 0 Å². The molecule has 2 rings (SSSR count). The van der Waals surface area contributed by atoms with Crippen LogP contribution in [0.25, 0.3) is 0 Å². The normalized spacial score (nSPS) is 10.3. The SMILES string of the molecule is COC(=O)c1cc(Nc2nc(C)ns2)c(F)cc1N. The summed E-state index contributed by atoms with van der Waals surface area (Å²) in [5, 5.41) is 3.17.